The van der Waals surface area contributed by atoms with Crippen LogP contribution in [0.5, 0.6) is 5.75 Å². The van der Waals surface area contributed by atoms with Crippen molar-refractivity contribution in [1.82, 2.24) is 4.90 Å². The molecule has 0 saturated carbocycles. The van der Waals surface area contributed by atoms with Crippen molar-refractivity contribution in [3.05, 3.63) is 23.8 Å². The summed E-state index contributed by atoms with van der Waals surface area (Å²) in [5.74, 6) is 0.568. The Kier molecular flexibility index (Phi) is 5.95. The lowest BCUT2D eigenvalue weighted by Gasteiger charge is -2.27. The van der Waals surface area contributed by atoms with E-state index >= 15 is 0 Å². The summed E-state index contributed by atoms with van der Waals surface area (Å²) in [6.45, 7) is 2.43. The third-order valence-corrected chi connectivity index (χ3v) is 3.59. The van der Waals surface area contributed by atoms with E-state index < -0.39 is 6.04 Å². The number of anilines is 1. The Morgan fingerprint density at radius 2 is 2.13 bits per heavy atom. The molecule has 0 spiro atoms. The number of morpholine rings is 1. The van der Waals surface area contributed by atoms with Crippen molar-refractivity contribution in [3.63, 3.8) is 0 Å². The number of carbonyl (C=O) groups excluding carboxylic acids is 2. The largest absolute Gasteiger partial charge is 0.489 e. The number of benzene rings is 1. The molecule has 1 heterocycles. The van der Waals surface area contributed by atoms with E-state index in [0.717, 1.165) is 5.69 Å². The highest BCUT2D eigenvalue weighted by molar-refractivity contribution is 5.95. The molecule has 23 heavy (non-hydrogen) atoms. The normalized spacial score (nSPS) is 15.9. The maximum atomic E-state index is 12.5. The maximum Gasteiger partial charge on any atom is 0.254 e. The van der Waals surface area contributed by atoms with Crippen LogP contribution in [0.2, 0.25) is 0 Å². The number of nitrogens with two attached hydrogens (primary N) is 1. The number of aldehydes is 1. The molecule has 1 saturated heterocycles. The third-order valence-electron chi connectivity index (χ3n) is 3.59. The van der Waals surface area contributed by atoms with Gasteiger partial charge in [-0.3, -0.25) is 4.79 Å². The van der Waals surface area contributed by atoms with Gasteiger partial charge >= 0.3 is 0 Å². The van der Waals surface area contributed by atoms with Gasteiger partial charge in [0, 0.05) is 32.7 Å². The van der Waals surface area contributed by atoms with E-state index in [1.165, 1.54) is 0 Å². The first-order valence-electron chi connectivity index (χ1n) is 7.55. The van der Waals surface area contributed by atoms with Crippen LogP contribution in [0.15, 0.2) is 18.2 Å². The molecule has 0 bridgehead atoms. The summed E-state index contributed by atoms with van der Waals surface area (Å²) < 4.78 is 10.9. The minimum Gasteiger partial charge on any atom is -0.489 e. The van der Waals surface area contributed by atoms with Crippen LogP contribution in [-0.4, -0.2) is 70.1 Å². The van der Waals surface area contributed by atoms with E-state index in [-0.39, 0.29) is 12.5 Å². The zero-order valence-electron chi connectivity index (χ0n) is 13.5. The predicted octanol–water partition coefficient (Wildman–Crippen LogP) is 0.130. The van der Waals surface area contributed by atoms with Crippen LogP contribution < -0.4 is 15.4 Å². The van der Waals surface area contributed by atoms with Crippen LogP contribution in [0.4, 0.5) is 5.69 Å². The van der Waals surface area contributed by atoms with Gasteiger partial charge in [0.25, 0.3) is 5.91 Å². The fraction of sp³-hybridized carbons (Fsp3) is 0.500. The lowest BCUT2D eigenvalue weighted by molar-refractivity contribution is -0.109. The first-order chi connectivity index (χ1) is 11.0. The topological polar surface area (TPSA) is 85.1 Å². The van der Waals surface area contributed by atoms with Gasteiger partial charge in [0.2, 0.25) is 0 Å². The van der Waals surface area contributed by atoms with Gasteiger partial charge in [-0.15, -0.1) is 0 Å². The summed E-state index contributed by atoms with van der Waals surface area (Å²) in [5.41, 5.74) is 6.91. The van der Waals surface area contributed by atoms with Crippen LogP contribution in [0.25, 0.3) is 0 Å². The Morgan fingerprint density at radius 1 is 1.43 bits per heavy atom. The summed E-state index contributed by atoms with van der Waals surface area (Å²) in [5, 5.41) is 0. The molecular weight excluding hydrogens is 298 g/mol. The second-order valence-electron chi connectivity index (χ2n) is 5.59. The molecule has 1 aliphatic rings. The first-order valence-corrected chi connectivity index (χ1v) is 7.55. The molecule has 0 radical (unpaired) electrons. The fourth-order valence-electron chi connectivity index (χ4n) is 2.30. The van der Waals surface area contributed by atoms with Gasteiger partial charge in [0.15, 0.2) is 0 Å². The van der Waals surface area contributed by atoms with Crippen molar-refractivity contribution in [1.29, 1.82) is 0 Å². The number of ether oxygens (including phenoxy) is 2. The second-order valence-corrected chi connectivity index (χ2v) is 5.59. The Balaban J connectivity index is 2.17. The van der Waals surface area contributed by atoms with Crippen molar-refractivity contribution in [2.45, 2.75) is 6.04 Å². The molecule has 1 aromatic rings. The smallest absolute Gasteiger partial charge is 0.254 e. The summed E-state index contributed by atoms with van der Waals surface area (Å²) in [6.07, 6.45) is 0.644. The van der Waals surface area contributed by atoms with Gasteiger partial charge < -0.3 is 29.8 Å². The Bertz CT molecular complexity index is 556. The van der Waals surface area contributed by atoms with Crippen molar-refractivity contribution in [2.24, 2.45) is 5.73 Å². The molecule has 2 N–H and O–H groups in total. The minimum atomic E-state index is -0.667. The number of nitrogens with zero attached hydrogens (tertiary/aromatic N) is 2. The average molecular weight is 321 g/mol. The monoisotopic (exact) mass is 321 g/mol. The highest BCUT2D eigenvalue weighted by Crippen LogP contribution is 2.29. The highest BCUT2D eigenvalue weighted by atomic mass is 16.5. The molecule has 0 aromatic heterocycles. The summed E-state index contributed by atoms with van der Waals surface area (Å²) >= 11 is 0. The molecule has 1 aliphatic heterocycles. The first kappa shape index (κ1) is 17.2. The quantitative estimate of drug-likeness (QED) is 0.750. The zero-order valence-corrected chi connectivity index (χ0v) is 13.5. The molecule has 1 fully saturated rings. The van der Waals surface area contributed by atoms with Crippen molar-refractivity contribution < 1.29 is 19.1 Å². The predicted molar refractivity (Wildman–Crippen MR) is 87.0 cm³/mol. The van der Waals surface area contributed by atoms with E-state index in [1.807, 2.05) is 19.0 Å². The van der Waals surface area contributed by atoms with E-state index in [9.17, 15) is 9.59 Å². The number of rotatable bonds is 6. The van der Waals surface area contributed by atoms with Gasteiger partial charge in [-0.2, -0.15) is 0 Å². The van der Waals surface area contributed by atoms with Crippen molar-refractivity contribution in [3.8, 4) is 5.75 Å². The molecule has 1 aromatic carbocycles. The molecule has 7 heteroatoms. The third kappa shape index (κ3) is 4.43. The van der Waals surface area contributed by atoms with Gasteiger partial charge in [0.05, 0.1) is 24.9 Å². The molecule has 1 amide bonds. The number of carbonyl (C=O) groups is 2. The summed E-state index contributed by atoms with van der Waals surface area (Å²) in [4.78, 5) is 26.8. The SMILES string of the molecule is CN(C)c1cc(C(=O)N2CCOCC2)ccc1OC[C@H](N)C=O. The highest BCUT2D eigenvalue weighted by Gasteiger charge is 2.20. The van der Waals surface area contributed by atoms with Crippen molar-refractivity contribution in [2.75, 3.05) is 51.9 Å². The Hall–Kier alpha value is -2.12. The van der Waals surface area contributed by atoms with Crippen LogP contribution in [0.1, 0.15) is 10.4 Å². The van der Waals surface area contributed by atoms with Gasteiger partial charge in [-0.25, -0.2) is 0 Å². The standard InChI is InChI=1S/C16H23N3O4/c1-18(2)14-9-12(16(21)19-5-7-22-8-6-19)3-4-15(14)23-11-13(17)10-20/h3-4,9-10,13H,5-8,11,17H2,1-2H3/t13-/m1/s1. The number of hydrogen-bond donors (Lipinski definition) is 1. The molecule has 0 aliphatic carbocycles. The zero-order chi connectivity index (χ0) is 16.8. The van der Waals surface area contributed by atoms with E-state index in [0.29, 0.717) is 43.9 Å². The molecule has 126 valence electrons. The van der Waals surface area contributed by atoms with Crippen molar-refractivity contribution >= 4 is 17.9 Å². The van der Waals surface area contributed by atoms with Crippen LogP contribution in [0, 0.1) is 0 Å². The second kappa shape index (κ2) is 7.94. The van der Waals surface area contributed by atoms with Gasteiger partial charge in [0.1, 0.15) is 18.6 Å². The van der Waals surface area contributed by atoms with Crippen LogP contribution in [-0.2, 0) is 9.53 Å². The lowest BCUT2D eigenvalue weighted by Crippen LogP contribution is -2.40. The molecule has 0 unspecified atom stereocenters. The Labute approximate surface area is 135 Å². The van der Waals surface area contributed by atoms with E-state index in [2.05, 4.69) is 0 Å². The maximum absolute atomic E-state index is 12.5. The van der Waals surface area contributed by atoms with E-state index in [1.54, 1.807) is 23.1 Å². The summed E-state index contributed by atoms with van der Waals surface area (Å²) in [6, 6.07) is 4.59. The number of hydrogen-bond acceptors (Lipinski definition) is 6. The Morgan fingerprint density at radius 3 is 2.74 bits per heavy atom. The molecule has 1 atom stereocenters. The lowest BCUT2D eigenvalue weighted by atomic mass is 10.1. The fourth-order valence-corrected chi connectivity index (χ4v) is 2.30. The van der Waals surface area contributed by atoms with Gasteiger partial charge in [-0.05, 0) is 18.2 Å². The van der Waals surface area contributed by atoms with Crippen LogP contribution in [0.3, 0.4) is 0 Å². The summed E-state index contributed by atoms with van der Waals surface area (Å²) in [7, 11) is 3.73. The molecule has 2 rings (SSSR count). The minimum absolute atomic E-state index is 0.0208. The average Bonchev–Trinajstić information content (AvgIpc) is 2.59. The molecule has 7 nitrogen and oxygen atoms in total. The number of amides is 1. The molecular formula is C16H23N3O4. The van der Waals surface area contributed by atoms with E-state index in [4.69, 9.17) is 15.2 Å². The van der Waals surface area contributed by atoms with Gasteiger partial charge in [-0.1, -0.05) is 0 Å². The van der Waals surface area contributed by atoms with Crippen LogP contribution >= 0.6 is 0 Å².